The molecule has 0 saturated heterocycles. The Bertz CT molecular complexity index is 568. The molecule has 0 spiro atoms. The van der Waals surface area contributed by atoms with Crippen molar-refractivity contribution >= 4 is 15.9 Å². The molecule has 2 aromatic carbocycles. The van der Waals surface area contributed by atoms with Gasteiger partial charge in [-0.2, -0.15) is 0 Å². The van der Waals surface area contributed by atoms with Gasteiger partial charge in [-0.3, -0.25) is 0 Å². The molecule has 0 aliphatic rings. The van der Waals surface area contributed by atoms with Crippen LogP contribution in [0.2, 0.25) is 0 Å². The van der Waals surface area contributed by atoms with Crippen LogP contribution in [0, 0.1) is 0 Å². The van der Waals surface area contributed by atoms with E-state index in [1.165, 1.54) is 5.56 Å². The van der Waals surface area contributed by atoms with Crippen LogP contribution in [0.4, 0.5) is 0 Å². The molecule has 106 valence electrons. The predicted octanol–water partition coefficient (Wildman–Crippen LogP) is 4.65. The van der Waals surface area contributed by atoms with Gasteiger partial charge in [-0.15, -0.1) is 0 Å². The first kappa shape index (κ1) is 15.1. The molecule has 1 unspecified atom stereocenters. The lowest BCUT2D eigenvalue weighted by atomic mass is 10.0. The monoisotopic (exact) mass is 333 g/mol. The van der Waals surface area contributed by atoms with Gasteiger partial charge in [0.2, 0.25) is 0 Å². The zero-order valence-electron chi connectivity index (χ0n) is 11.8. The Morgan fingerprint density at radius 1 is 1.10 bits per heavy atom. The van der Waals surface area contributed by atoms with E-state index in [4.69, 9.17) is 10.5 Å². The van der Waals surface area contributed by atoms with E-state index < -0.39 is 0 Å². The third kappa shape index (κ3) is 3.62. The van der Waals surface area contributed by atoms with E-state index in [0.29, 0.717) is 12.5 Å². The van der Waals surface area contributed by atoms with Gasteiger partial charge in [-0.25, -0.2) is 0 Å². The van der Waals surface area contributed by atoms with Crippen molar-refractivity contribution in [3.63, 3.8) is 0 Å². The maximum absolute atomic E-state index is 6.15. The number of rotatable bonds is 5. The summed E-state index contributed by atoms with van der Waals surface area (Å²) in [5.41, 5.74) is 8.18. The number of nitrogens with two attached hydrogens (primary N) is 1. The van der Waals surface area contributed by atoms with Crippen LogP contribution in [0.5, 0.6) is 5.75 Å². The summed E-state index contributed by atoms with van der Waals surface area (Å²) >= 11 is 3.49. The second-order valence-electron chi connectivity index (χ2n) is 5.09. The van der Waals surface area contributed by atoms with Crippen LogP contribution in [0.15, 0.2) is 53.0 Å². The molecule has 0 aromatic heterocycles. The molecule has 1 atom stereocenters. The first-order valence-corrected chi connectivity index (χ1v) is 7.62. The van der Waals surface area contributed by atoms with Crippen LogP contribution in [0.25, 0.3) is 0 Å². The van der Waals surface area contributed by atoms with Crippen molar-refractivity contribution in [3.8, 4) is 5.75 Å². The largest absolute Gasteiger partial charge is 0.484 e. The van der Waals surface area contributed by atoms with Crippen molar-refractivity contribution in [3.05, 3.63) is 64.1 Å². The summed E-state index contributed by atoms with van der Waals surface area (Å²) in [6.45, 7) is 4.78. The van der Waals surface area contributed by atoms with E-state index in [1.54, 1.807) is 0 Å². The highest BCUT2D eigenvalue weighted by atomic mass is 79.9. The highest BCUT2D eigenvalue weighted by molar-refractivity contribution is 9.10. The molecule has 0 bridgehead atoms. The summed E-state index contributed by atoms with van der Waals surface area (Å²) in [5, 5.41) is 0. The van der Waals surface area contributed by atoms with Crippen LogP contribution in [-0.2, 0) is 0 Å². The minimum absolute atomic E-state index is 0.132. The Labute approximate surface area is 129 Å². The topological polar surface area (TPSA) is 35.2 Å². The van der Waals surface area contributed by atoms with Gasteiger partial charge in [0.1, 0.15) is 11.9 Å². The summed E-state index contributed by atoms with van der Waals surface area (Å²) in [6.07, 6.45) is -0.132. The summed E-state index contributed by atoms with van der Waals surface area (Å²) in [7, 11) is 0. The highest BCUT2D eigenvalue weighted by Gasteiger charge is 2.15. The number of hydrogen-bond donors (Lipinski definition) is 1. The standard InChI is InChI=1S/C17H20BrNO/c1-12(2)15-8-3-4-9-16(15)20-17(11-19)13-6-5-7-14(18)10-13/h3-10,12,17H,11,19H2,1-2H3. The quantitative estimate of drug-likeness (QED) is 0.864. The summed E-state index contributed by atoms with van der Waals surface area (Å²) in [5.74, 6) is 1.34. The van der Waals surface area contributed by atoms with Crippen LogP contribution in [-0.4, -0.2) is 6.54 Å². The Morgan fingerprint density at radius 3 is 2.50 bits per heavy atom. The maximum Gasteiger partial charge on any atom is 0.136 e. The van der Waals surface area contributed by atoms with Gasteiger partial charge in [-0.05, 0) is 35.2 Å². The summed E-state index contributed by atoms with van der Waals surface area (Å²) in [6, 6.07) is 16.2. The highest BCUT2D eigenvalue weighted by Crippen LogP contribution is 2.30. The second-order valence-corrected chi connectivity index (χ2v) is 6.01. The van der Waals surface area contributed by atoms with Gasteiger partial charge in [0.25, 0.3) is 0 Å². The third-order valence-corrected chi connectivity index (χ3v) is 3.74. The first-order valence-electron chi connectivity index (χ1n) is 6.83. The Kier molecular flexibility index (Phi) is 5.21. The molecule has 2 aromatic rings. The van der Waals surface area contributed by atoms with E-state index >= 15 is 0 Å². The zero-order chi connectivity index (χ0) is 14.5. The molecule has 0 heterocycles. The predicted molar refractivity (Wildman–Crippen MR) is 87.1 cm³/mol. The van der Waals surface area contributed by atoms with Crippen LogP contribution in [0.1, 0.15) is 37.0 Å². The van der Waals surface area contributed by atoms with E-state index in [9.17, 15) is 0 Å². The van der Waals surface area contributed by atoms with Gasteiger partial charge in [0.15, 0.2) is 0 Å². The molecule has 0 aliphatic heterocycles. The smallest absolute Gasteiger partial charge is 0.136 e. The van der Waals surface area contributed by atoms with E-state index in [-0.39, 0.29) is 6.10 Å². The molecule has 2 rings (SSSR count). The number of benzene rings is 2. The average Bonchev–Trinajstić information content (AvgIpc) is 2.45. The molecule has 20 heavy (non-hydrogen) atoms. The van der Waals surface area contributed by atoms with Gasteiger partial charge in [0.05, 0.1) is 0 Å². The molecular formula is C17H20BrNO. The van der Waals surface area contributed by atoms with Gasteiger partial charge >= 0.3 is 0 Å². The molecule has 3 heteroatoms. The van der Waals surface area contributed by atoms with E-state index in [0.717, 1.165) is 15.8 Å². The lowest BCUT2D eigenvalue weighted by Gasteiger charge is -2.21. The Hall–Kier alpha value is -1.32. The van der Waals surface area contributed by atoms with Crippen LogP contribution < -0.4 is 10.5 Å². The molecule has 2 N–H and O–H groups in total. The first-order chi connectivity index (χ1) is 9.61. The molecule has 0 saturated carbocycles. The van der Waals surface area contributed by atoms with Crippen molar-refractivity contribution in [1.29, 1.82) is 0 Å². The minimum Gasteiger partial charge on any atom is -0.484 e. The fourth-order valence-electron chi connectivity index (χ4n) is 2.18. The number of hydrogen-bond acceptors (Lipinski definition) is 2. The summed E-state index contributed by atoms with van der Waals surface area (Å²) < 4.78 is 7.19. The number of ether oxygens (including phenoxy) is 1. The third-order valence-electron chi connectivity index (χ3n) is 3.24. The van der Waals surface area contributed by atoms with Crippen molar-refractivity contribution in [2.75, 3.05) is 6.54 Å². The molecular weight excluding hydrogens is 314 g/mol. The average molecular weight is 334 g/mol. The number of para-hydroxylation sites is 1. The molecule has 0 radical (unpaired) electrons. The van der Waals surface area contributed by atoms with Gasteiger partial charge in [0, 0.05) is 11.0 Å². The Morgan fingerprint density at radius 2 is 1.85 bits per heavy atom. The second kappa shape index (κ2) is 6.91. The van der Waals surface area contributed by atoms with E-state index in [2.05, 4.69) is 41.9 Å². The van der Waals surface area contributed by atoms with Crippen molar-refractivity contribution in [1.82, 2.24) is 0 Å². The Balaban J connectivity index is 2.27. The number of halogens is 1. The zero-order valence-corrected chi connectivity index (χ0v) is 13.4. The lowest BCUT2D eigenvalue weighted by Crippen LogP contribution is -2.19. The molecule has 2 nitrogen and oxygen atoms in total. The van der Waals surface area contributed by atoms with E-state index in [1.807, 2.05) is 36.4 Å². The van der Waals surface area contributed by atoms with Crippen molar-refractivity contribution in [2.45, 2.75) is 25.9 Å². The van der Waals surface area contributed by atoms with Crippen molar-refractivity contribution in [2.24, 2.45) is 5.73 Å². The van der Waals surface area contributed by atoms with Crippen LogP contribution in [0.3, 0.4) is 0 Å². The molecule has 0 fully saturated rings. The minimum atomic E-state index is -0.132. The van der Waals surface area contributed by atoms with Crippen molar-refractivity contribution < 1.29 is 4.74 Å². The fourth-order valence-corrected chi connectivity index (χ4v) is 2.59. The fraction of sp³-hybridized carbons (Fsp3) is 0.294. The van der Waals surface area contributed by atoms with Crippen LogP contribution >= 0.6 is 15.9 Å². The normalized spacial score (nSPS) is 12.4. The maximum atomic E-state index is 6.15. The molecule has 0 amide bonds. The SMILES string of the molecule is CC(C)c1ccccc1OC(CN)c1cccc(Br)c1. The molecule has 0 aliphatic carbocycles. The van der Waals surface area contributed by atoms with Gasteiger partial charge < -0.3 is 10.5 Å². The van der Waals surface area contributed by atoms with Gasteiger partial charge in [-0.1, -0.05) is 60.1 Å². The lowest BCUT2D eigenvalue weighted by molar-refractivity contribution is 0.211. The summed E-state index contributed by atoms with van der Waals surface area (Å²) in [4.78, 5) is 0.